The van der Waals surface area contributed by atoms with E-state index in [4.69, 9.17) is 5.26 Å². The van der Waals surface area contributed by atoms with Crippen LogP contribution in [0.15, 0.2) is 30.3 Å². The molecule has 6 nitrogen and oxygen atoms in total. The van der Waals surface area contributed by atoms with Crippen molar-refractivity contribution in [3.8, 4) is 6.07 Å². The molecule has 0 saturated heterocycles. The second-order valence-corrected chi connectivity index (χ2v) is 6.47. The molecule has 2 N–H and O–H groups in total. The molecule has 2 rings (SSSR count). The van der Waals surface area contributed by atoms with E-state index in [0.717, 1.165) is 17.2 Å². The van der Waals surface area contributed by atoms with Gasteiger partial charge in [-0.25, -0.2) is 18.1 Å². The number of aromatic nitrogens is 1. The number of hydrogen-bond donors (Lipinski definition) is 2. The predicted octanol–water partition coefficient (Wildman–Crippen LogP) is 1.46. The molecular formula is C14H16N4O2S. The Morgan fingerprint density at radius 1 is 1.29 bits per heavy atom. The molecule has 0 bridgehead atoms. The zero-order chi connectivity index (χ0) is 15.3. The van der Waals surface area contributed by atoms with Gasteiger partial charge in [-0.1, -0.05) is 18.2 Å². The van der Waals surface area contributed by atoms with Crippen LogP contribution in [0.5, 0.6) is 0 Å². The highest BCUT2D eigenvalue weighted by Gasteiger charge is 2.06. The zero-order valence-corrected chi connectivity index (χ0v) is 12.4. The number of rotatable bonds is 6. The number of nitrogens with zero attached hydrogens (tertiary/aromatic N) is 2. The highest BCUT2D eigenvalue weighted by atomic mass is 32.2. The molecule has 7 heteroatoms. The van der Waals surface area contributed by atoms with Crippen molar-refractivity contribution in [1.82, 2.24) is 9.71 Å². The predicted molar refractivity (Wildman–Crippen MR) is 82.4 cm³/mol. The van der Waals surface area contributed by atoms with Crippen molar-refractivity contribution >= 4 is 26.7 Å². The molecule has 0 aliphatic carbocycles. The average Bonchev–Trinajstić information content (AvgIpc) is 2.44. The molecule has 0 radical (unpaired) electrons. The van der Waals surface area contributed by atoms with Crippen LogP contribution in [0.2, 0.25) is 0 Å². The maximum absolute atomic E-state index is 10.9. The van der Waals surface area contributed by atoms with Crippen LogP contribution in [0.3, 0.4) is 0 Å². The number of fused-ring (bicyclic) bond motifs is 1. The van der Waals surface area contributed by atoms with E-state index in [1.807, 2.05) is 24.3 Å². The number of sulfonamides is 1. The number of nitriles is 1. The van der Waals surface area contributed by atoms with Gasteiger partial charge in [0.25, 0.3) is 0 Å². The fraction of sp³-hybridized carbons (Fsp3) is 0.286. The third-order valence-corrected chi connectivity index (χ3v) is 3.58. The van der Waals surface area contributed by atoms with E-state index in [0.29, 0.717) is 30.9 Å². The summed E-state index contributed by atoms with van der Waals surface area (Å²) in [6, 6.07) is 11.5. The van der Waals surface area contributed by atoms with E-state index < -0.39 is 10.0 Å². The van der Waals surface area contributed by atoms with Crippen LogP contribution >= 0.6 is 0 Å². The van der Waals surface area contributed by atoms with Gasteiger partial charge >= 0.3 is 0 Å². The minimum Gasteiger partial charge on any atom is -0.369 e. The standard InChI is InChI=1S/C14H16N4O2S/c1-21(19,20)17-8-4-7-16-14-12(10-15)9-11-5-2-3-6-13(11)18-14/h2-3,5-6,9,17H,4,7-8H2,1H3,(H,16,18). The van der Waals surface area contributed by atoms with Gasteiger partial charge in [0, 0.05) is 18.5 Å². The van der Waals surface area contributed by atoms with Gasteiger partial charge in [0.15, 0.2) is 0 Å². The SMILES string of the molecule is CS(=O)(=O)NCCCNc1nc2ccccc2cc1C#N. The Kier molecular flexibility index (Phi) is 4.73. The van der Waals surface area contributed by atoms with E-state index in [-0.39, 0.29) is 0 Å². The van der Waals surface area contributed by atoms with E-state index in [9.17, 15) is 8.42 Å². The maximum atomic E-state index is 10.9. The van der Waals surface area contributed by atoms with E-state index in [1.165, 1.54) is 0 Å². The summed E-state index contributed by atoms with van der Waals surface area (Å²) < 4.78 is 24.3. The number of hydrogen-bond acceptors (Lipinski definition) is 5. The van der Waals surface area contributed by atoms with Crippen LogP contribution in [-0.4, -0.2) is 32.7 Å². The molecule has 0 aliphatic rings. The molecule has 0 aliphatic heterocycles. The smallest absolute Gasteiger partial charge is 0.208 e. The zero-order valence-electron chi connectivity index (χ0n) is 11.6. The first-order chi connectivity index (χ1) is 9.99. The molecule has 0 saturated carbocycles. The van der Waals surface area contributed by atoms with E-state index in [1.54, 1.807) is 6.07 Å². The molecule has 0 atom stereocenters. The summed E-state index contributed by atoms with van der Waals surface area (Å²) in [6.07, 6.45) is 1.73. The first-order valence-electron chi connectivity index (χ1n) is 6.48. The second kappa shape index (κ2) is 6.52. The normalized spacial score (nSPS) is 11.2. The van der Waals surface area contributed by atoms with Gasteiger partial charge in [-0.2, -0.15) is 5.26 Å². The maximum Gasteiger partial charge on any atom is 0.208 e. The van der Waals surface area contributed by atoms with Crippen molar-refractivity contribution in [2.75, 3.05) is 24.7 Å². The van der Waals surface area contributed by atoms with Crippen LogP contribution in [0.1, 0.15) is 12.0 Å². The molecule has 1 aromatic carbocycles. The van der Waals surface area contributed by atoms with Gasteiger partial charge in [0.2, 0.25) is 10.0 Å². The summed E-state index contributed by atoms with van der Waals surface area (Å²) in [5.74, 6) is 0.524. The van der Waals surface area contributed by atoms with Crippen molar-refractivity contribution in [1.29, 1.82) is 5.26 Å². The van der Waals surface area contributed by atoms with Crippen LogP contribution < -0.4 is 10.0 Å². The van der Waals surface area contributed by atoms with Crippen molar-refractivity contribution in [2.24, 2.45) is 0 Å². The highest BCUT2D eigenvalue weighted by molar-refractivity contribution is 7.88. The Hall–Kier alpha value is -2.17. The van der Waals surface area contributed by atoms with Gasteiger partial charge in [-0.3, -0.25) is 0 Å². The Morgan fingerprint density at radius 3 is 2.76 bits per heavy atom. The molecule has 1 aromatic heterocycles. The first-order valence-corrected chi connectivity index (χ1v) is 8.37. The van der Waals surface area contributed by atoms with E-state index >= 15 is 0 Å². The number of para-hydroxylation sites is 1. The van der Waals surface area contributed by atoms with Crippen LogP contribution in [-0.2, 0) is 10.0 Å². The number of pyridine rings is 1. The molecular weight excluding hydrogens is 288 g/mol. The molecule has 0 amide bonds. The topological polar surface area (TPSA) is 94.9 Å². The van der Waals surface area contributed by atoms with Crippen molar-refractivity contribution < 1.29 is 8.42 Å². The third-order valence-electron chi connectivity index (χ3n) is 2.85. The van der Waals surface area contributed by atoms with Gasteiger partial charge < -0.3 is 5.32 Å². The highest BCUT2D eigenvalue weighted by Crippen LogP contribution is 2.19. The van der Waals surface area contributed by atoms with Crippen LogP contribution in [0.4, 0.5) is 5.82 Å². The summed E-state index contributed by atoms with van der Waals surface area (Å²) >= 11 is 0. The van der Waals surface area contributed by atoms with Gasteiger partial charge in [0.1, 0.15) is 11.9 Å². The van der Waals surface area contributed by atoms with Crippen molar-refractivity contribution in [2.45, 2.75) is 6.42 Å². The molecule has 0 fully saturated rings. The summed E-state index contributed by atoms with van der Waals surface area (Å²) in [4.78, 5) is 4.42. The minimum absolute atomic E-state index is 0.349. The Labute approximate surface area is 123 Å². The lowest BCUT2D eigenvalue weighted by Crippen LogP contribution is -2.24. The Morgan fingerprint density at radius 2 is 2.05 bits per heavy atom. The molecule has 0 spiro atoms. The minimum atomic E-state index is -3.16. The number of benzene rings is 1. The fourth-order valence-electron chi connectivity index (χ4n) is 1.89. The summed E-state index contributed by atoms with van der Waals surface area (Å²) in [5, 5.41) is 13.2. The van der Waals surface area contributed by atoms with Crippen LogP contribution in [0, 0.1) is 11.3 Å². The number of nitrogens with one attached hydrogen (secondary N) is 2. The lowest BCUT2D eigenvalue weighted by Gasteiger charge is -2.09. The summed E-state index contributed by atoms with van der Waals surface area (Å²) in [7, 11) is -3.16. The average molecular weight is 304 g/mol. The van der Waals surface area contributed by atoms with Crippen molar-refractivity contribution in [3.05, 3.63) is 35.9 Å². The van der Waals surface area contributed by atoms with Gasteiger partial charge in [-0.15, -0.1) is 0 Å². The molecule has 21 heavy (non-hydrogen) atoms. The second-order valence-electron chi connectivity index (χ2n) is 4.64. The summed E-state index contributed by atoms with van der Waals surface area (Å²) in [6.45, 7) is 0.879. The molecule has 2 aromatic rings. The lowest BCUT2D eigenvalue weighted by molar-refractivity contribution is 0.586. The van der Waals surface area contributed by atoms with Crippen LogP contribution in [0.25, 0.3) is 10.9 Å². The first kappa shape index (κ1) is 15.2. The molecule has 1 heterocycles. The van der Waals surface area contributed by atoms with E-state index in [2.05, 4.69) is 21.1 Å². The third kappa shape index (κ3) is 4.41. The molecule has 0 unspecified atom stereocenters. The lowest BCUT2D eigenvalue weighted by atomic mass is 10.1. The number of anilines is 1. The largest absolute Gasteiger partial charge is 0.369 e. The quantitative estimate of drug-likeness (QED) is 0.788. The van der Waals surface area contributed by atoms with Gasteiger partial charge in [0.05, 0.1) is 17.3 Å². The Balaban J connectivity index is 2.03. The fourth-order valence-corrected chi connectivity index (χ4v) is 2.40. The van der Waals surface area contributed by atoms with Crippen molar-refractivity contribution in [3.63, 3.8) is 0 Å². The Bertz CT molecular complexity index is 781. The van der Waals surface area contributed by atoms with Gasteiger partial charge in [-0.05, 0) is 18.6 Å². The monoisotopic (exact) mass is 304 g/mol. The summed E-state index contributed by atoms with van der Waals surface area (Å²) in [5.41, 5.74) is 1.29. The molecule has 110 valence electrons.